The van der Waals surface area contributed by atoms with Crippen LogP contribution in [0.4, 0.5) is 0 Å². The van der Waals surface area contributed by atoms with Crippen LogP contribution in [0.1, 0.15) is 58.8 Å². The SMILES string of the molecule is CC1CC1CCC1CCC(C)(CO)CC1. The van der Waals surface area contributed by atoms with Crippen molar-refractivity contribution in [3.63, 3.8) is 0 Å². The predicted octanol–water partition coefficient (Wildman–Crippen LogP) is 3.61. The van der Waals surface area contributed by atoms with Gasteiger partial charge in [-0.3, -0.25) is 0 Å². The Kier molecular flexibility index (Phi) is 3.39. The highest BCUT2D eigenvalue weighted by molar-refractivity contribution is 4.85. The Bertz CT molecular complexity index is 201. The van der Waals surface area contributed by atoms with Gasteiger partial charge < -0.3 is 5.11 Å². The maximum absolute atomic E-state index is 9.30. The Labute approximate surface area is 94.3 Å². The van der Waals surface area contributed by atoms with Gasteiger partial charge in [0.15, 0.2) is 0 Å². The second kappa shape index (κ2) is 4.45. The number of aliphatic hydroxyl groups excluding tert-OH is 1. The summed E-state index contributed by atoms with van der Waals surface area (Å²) in [4.78, 5) is 0. The van der Waals surface area contributed by atoms with Crippen LogP contribution in [-0.2, 0) is 0 Å². The van der Waals surface area contributed by atoms with E-state index < -0.39 is 0 Å². The fourth-order valence-corrected chi connectivity index (χ4v) is 3.07. The molecule has 88 valence electrons. The molecule has 2 aliphatic rings. The van der Waals surface area contributed by atoms with Crippen LogP contribution >= 0.6 is 0 Å². The smallest absolute Gasteiger partial charge is 0.0484 e. The first-order chi connectivity index (χ1) is 7.13. The molecule has 15 heavy (non-hydrogen) atoms. The van der Waals surface area contributed by atoms with Crippen LogP contribution in [0.2, 0.25) is 0 Å². The van der Waals surface area contributed by atoms with E-state index in [4.69, 9.17) is 0 Å². The quantitative estimate of drug-likeness (QED) is 0.751. The van der Waals surface area contributed by atoms with Gasteiger partial charge >= 0.3 is 0 Å². The number of hydrogen-bond acceptors (Lipinski definition) is 1. The zero-order chi connectivity index (χ0) is 10.9. The maximum Gasteiger partial charge on any atom is 0.0484 e. The highest BCUT2D eigenvalue weighted by Gasteiger charge is 2.34. The molecule has 2 saturated carbocycles. The molecular weight excluding hydrogens is 184 g/mol. The van der Waals surface area contributed by atoms with Gasteiger partial charge in [0.25, 0.3) is 0 Å². The van der Waals surface area contributed by atoms with Crippen LogP contribution in [0.5, 0.6) is 0 Å². The van der Waals surface area contributed by atoms with E-state index in [1.54, 1.807) is 0 Å². The molecule has 0 saturated heterocycles. The lowest BCUT2D eigenvalue weighted by Crippen LogP contribution is -2.27. The van der Waals surface area contributed by atoms with E-state index in [1.165, 1.54) is 44.9 Å². The van der Waals surface area contributed by atoms with Crippen molar-refractivity contribution in [1.82, 2.24) is 0 Å². The van der Waals surface area contributed by atoms with E-state index in [9.17, 15) is 5.11 Å². The summed E-state index contributed by atoms with van der Waals surface area (Å²) in [5.74, 6) is 3.06. The molecule has 0 aliphatic heterocycles. The van der Waals surface area contributed by atoms with Crippen molar-refractivity contribution in [2.75, 3.05) is 6.61 Å². The van der Waals surface area contributed by atoms with Crippen LogP contribution < -0.4 is 0 Å². The van der Waals surface area contributed by atoms with Crippen molar-refractivity contribution in [2.24, 2.45) is 23.2 Å². The highest BCUT2D eigenvalue weighted by atomic mass is 16.3. The maximum atomic E-state index is 9.30. The van der Waals surface area contributed by atoms with Crippen molar-refractivity contribution in [3.05, 3.63) is 0 Å². The molecule has 2 rings (SSSR count). The van der Waals surface area contributed by atoms with Gasteiger partial charge in [-0.1, -0.05) is 20.3 Å². The first kappa shape index (κ1) is 11.4. The van der Waals surface area contributed by atoms with Crippen molar-refractivity contribution in [1.29, 1.82) is 0 Å². The van der Waals surface area contributed by atoms with Gasteiger partial charge in [0.1, 0.15) is 0 Å². The van der Waals surface area contributed by atoms with Crippen molar-refractivity contribution >= 4 is 0 Å². The Hall–Kier alpha value is -0.0400. The van der Waals surface area contributed by atoms with Crippen LogP contribution in [0.15, 0.2) is 0 Å². The number of aliphatic hydroxyl groups is 1. The summed E-state index contributed by atoms with van der Waals surface area (Å²) >= 11 is 0. The fraction of sp³-hybridized carbons (Fsp3) is 1.00. The molecule has 0 aromatic rings. The second-order valence-corrected chi connectivity index (χ2v) is 6.46. The van der Waals surface area contributed by atoms with E-state index in [0.717, 1.165) is 17.8 Å². The summed E-state index contributed by atoms with van der Waals surface area (Å²) in [7, 11) is 0. The zero-order valence-electron chi connectivity index (χ0n) is 10.3. The van der Waals surface area contributed by atoms with Gasteiger partial charge in [-0.05, 0) is 61.7 Å². The zero-order valence-corrected chi connectivity index (χ0v) is 10.3. The van der Waals surface area contributed by atoms with Crippen LogP contribution in [0, 0.1) is 23.2 Å². The van der Waals surface area contributed by atoms with Crippen molar-refractivity contribution in [2.45, 2.75) is 58.8 Å². The molecule has 0 aromatic carbocycles. The molecule has 0 amide bonds. The minimum atomic E-state index is 0.253. The van der Waals surface area contributed by atoms with E-state index >= 15 is 0 Å². The van der Waals surface area contributed by atoms with Gasteiger partial charge in [0.2, 0.25) is 0 Å². The van der Waals surface area contributed by atoms with Crippen molar-refractivity contribution in [3.8, 4) is 0 Å². The van der Waals surface area contributed by atoms with Crippen molar-refractivity contribution < 1.29 is 5.11 Å². The Morgan fingerprint density at radius 1 is 1.20 bits per heavy atom. The lowest BCUT2D eigenvalue weighted by atomic mass is 9.71. The van der Waals surface area contributed by atoms with Gasteiger partial charge in [-0.2, -0.15) is 0 Å². The standard InChI is InChI=1S/C14H26O/c1-11-9-13(11)4-3-12-5-7-14(2,10-15)8-6-12/h11-13,15H,3-10H2,1-2H3. The molecule has 2 fully saturated rings. The average molecular weight is 210 g/mol. The highest BCUT2D eigenvalue weighted by Crippen LogP contribution is 2.45. The van der Waals surface area contributed by atoms with E-state index in [-0.39, 0.29) is 5.41 Å². The predicted molar refractivity (Wildman–Crippen MR) is 63.7 cm³/mol. The van der Waals surface area contributed by atoms with E-state index in [2.05, 4.69) is 13.8 Å². The number of hydrogen-bond donors (Lipinski definition) is 1. The van der Waals surface area contributed by atoms with Gasteiger partial charge in [-0.25, -0.2) is 0 Å². The summed E-state index contributed by atoms with van der Waals surface area (Å²) in [5.41, 5.74) is 0.253. The topological polar surface area (TPSA) is 20.2 Å². The van der Waals surface area contributed by atoms with Crippen LogP contribution in [0.25, 0.3) is 0 Å². The Morgan fingerprint density at radius 2 is 1.80 bits per heavy atom. The largest absolute Gasteiger partial charge is 0.396 e. The van der Waals surface area contributed by atoms with E-state index in [1.807, 2.05) is 0 Å². The molecule has 0 bridgehead atoms. The molecule has 1 heteroatoms. The van der Waals surface area contributed by atoms with Gasteiger partial charge in [0, 0.05) is 6.61 Å². The molecule has 2 atom stereocenters. The van der Waals surface area contributed by atoms with Crippen LogP contribution in [0.3, 0.4) is 0 Å². The molecule has 0 aromatic heterocycles. The molecule has 2 unspecified atom stereocenters. The minimum absolute atomic E-state index is 0.253. The molecule has 0 spiro atoms. The Balaban J connectivity index is 1.65. The molecule has 0 heterocycles. The third-order valence-corrected chi connectivity index (χ3v) is 4.92. The molecule has 2 aliphatic carbocycles. The normalized spacial score (nSPS) is 45.4. The molecule has 1 N–H and O–H groups in total. The summed E-state index contributed by atoms with van der Waals surface area (Å²) < 4.78 is 0. The summed E-state index contributed by atoms with van der Waals surface area (Å²) in [6.45, 7) is 5.01. The lowest BCUT2D eigenvalue weighted by Gasteiger charge is -2.36. The van der Waals surface area contributed by atoms with Gasteiger partial charge in [0.05, 0.1) is 0 Å². The summed E-state index contributed by atoms with van der Waals surface area (Å²) in [5, 5.41) is 9.30. The minimum Gasteiger partial charge on any atom is -0.396 e. The third-order valence-electron chi connectivity index (χ3n) is 4.92. The molecule has 1 nitrogen and oxygen atoms in total. The van der Waals surface area contributed by atoms with E-state index in [0.29, 0.717) is 6.61 Å². The average Bonchev–Trinajstić information content (AvgIpc) is 2.94. The summed E-state index contributed by atoms with van der Waals surface area (Å²) in [6, 6.07) is 0. The van der Waals surface area contributed by atoms with Crippen LogP contribution in [-0.4, -0.2) is 11.7 Å². The lowest BCUT2D eigenvalue weighted by molar-refractivity contribution is 0.0783. The first-order valence-corrected chi connectivity index (χ1v) is 6.74. The number of rotatable bonds is 4. The molecular formula is C14H26O. The first-order valence-electron chi connectivity index (χ1n) is 6.74. The fourth-order valence-electron chi connectivity index (χ4n) is 3.07. The monoisotopic (exact) mass is 210 g/mol. The molecule has 0 radical (unpaired) electrons. The second-order valence-electron chi connectivity index (χ2n) is 6.46. The Morgan fingerprint density at radius 3 is 2.27 bits per heavy atom. The third kappa shape index (κ3) is 2.96. The summed E-state index contributed by atoms with van der Waals surface area (Å²) in [6.07, 6.45) is 9.62. The van der Waals surface area contributed by atoms with Gasteiger partial charge in [-0.15, -0.1) is 0 Å².